The molecule has 0 atom stereocenters. The quantitative estimate of drug-likeness (QED) is 0.460. The largest absolute Gasteiger partial charge is 0.493 e. The normalized spacial score (nSPS) is 10.3. The molecular weight excluding hydrogens is 246 g/mol. The van der Waals surface area contributed by atoms with Crippen LogP contribution in [-0.2, 0) is 16.0 Å². The molecule has 0 unspecified atom stereocenters. The minimum atomic E-state index is -0.376. The van der Waals surface area contributed by atoms with Gasteiger partial charge >= 0.3 is 5.97 Å². The standard InChI is InChI=1S/C14H19NO4/c1-17-12-5-4-11(10-13(12)18-2)6-8-15-9-7-14(16)19-3/h4-5,7,9-10,15H,6,8H2,1-3H3/b9-7+. The average Bonchev–Trinajstić information content (AvgIpc) is 2.46. The fraction of sp³-hybridized carbons (Fsp3) is 0.357. The lowest BCUT2D eigenvalue weighted by atomic mass is 10.1. The lowest BCUT2D eigenvalue weighted by molar-refractivity contribution is -0.134. The van der Waals surface area contributed by atoms with Gasteiger partial charge in [0.2, 0.25) is 0 Å². The highest BCUT2D eigenvalue weighted by Gasteiger charge is 2.03. The molecular formula is C14H19NO4. The second-order valence-electron chi connectivity index (χ2n) is 3.75. The zero-order valence-corrected chi connectivity index (χ0v) is 11.4. The van der Waals surface area contributed by atoms with Crippen molar-refractivity contribution in [2.24, 2.45) is 0 Å². The summed E-state index contributed by atoms with van der Waals surface area (Å²) in [4.78, 5) is 10.8. The Labute approximate surface area is 113 Å². The summed E-state index contributed by atoms with van der Waals surface area (Å²) in [6.07, 6.45) is 3.73. The average molecular weight is 265 g/mol. The number of hydrogen-bond acceptors (Lipinski definition) is 5. The van der Waals surface area contributed by atoms with Crippen molar-refractivity contribution in [1.29, 1.82) is 0 Å². The third kappa shape index (κ3) is 4.91. The summed E-state index contributed by atoms with van der Waals surface area (Å²) < 4.78 is 14.9. The van der Waals surface area contributed by atoms with Crippen LogP contribution >= 0.6 is 0 Å². The smallest absolute Gasteiger partial charge is 0.331 e. The van der Waals surface area contributed by atoms with Gasteiger partial charge in [-0.25, -0.2) is 4.79 Å². The van der Waals surface area contributed by atoms with E-state index in [1.807, 2.05) is 18.2 Å². The van der Waals surface area contributed by atoms with E-state index < -0.39 is 0 Å². The number of carbonyl (C=O) groups is 1. The molecule has 1 aromatic rings. The molecule has 0 aliphatic heterocycles. The molecule has 5 nitrogen and oxygen atoms in total. The Hall–Kier alpha value is -2.17. The van der Waals surface area contributed by atoms with Crippen LogP contribution in [0.4, 0.5) is 0 Å². The van der Waals surface area contributed by atoms with Gasteiger partial charge in [-0.1, -0.05) is 6.07 Å². The zero-order chi connectivity index (χ0) is 14.1. The highest BCUT2D eigenvalue weighted by Crippen LogP contribution is 2.27. The molecule has 104 valence electrons. The second kappa shape index (κ2) is 8.02. The first-order valence-electron chi connectivity index (χ1n) is 5.90. The summed E-state index contributed by atoms with van der Waals surface area (Å²) >= 11 is 0. The molecule has 0 radical (unpaired) electrons. The molecule has 1 rings (SSSR count). The van der Waals surface area contributed by atoms with E-state index in [1.165, 1.54) is 13.2 Å². The number of carbonyl (C=O) groups excluding carboxylic acids is 1. The van der Waals surface area contributed by atoms with Gasteiger partial charge in [-0.15, -0.1) is 0 Å². The predicted octanol–water partition coefficient (Wildman–Crippen LogP) is 1.52. The molecule has 0 aromatic heterocycles. The monoisotopic (exact) mass is 265 g/mol. The van der Waals surface area contributed by atoms with Crippen LogP contribution in [-0.4, -0.2) is 33.8 Å². The van der Waals surface area contributed by atoms with Crippen LogP contribution in [0.25, 0.3) is 0 Å². The molecule has 0 fully saturated rings. The summed E-state index contributed by atoms with van der Waals surface area (Å²) in [6, 6.07) is 5.79. The fourth-order valence-corrected chi connectivity index (χ4v) is 1.53. The maximum absolute atomic E-state index is 10.8. The van der Waals surface area contributed by atoms with E-state index in [4.69, 9.17) is 9.47 Å². The lowest BCUT2D eigenvalue weighted by Gasteiger charge is -2.09. The first-order chi connectivity index (χ1) is 9.21. The zero-order valence-electron chi connectivity index (χ0n) is 11.4. The van der Waals surface area contributed by atoms with E-state index >= 15 is 0 Å². The highest BCUT2D eigenvalue weighted by molar-refractivity contribution is 5.81. The SMILES string of the molecule is COC(=O)/C=C/NCCc1ccc(OC)c(OC)c1. The lowest BCUT2D eigenvalue weighted by Crippen LogP contribution is -2.11. The predicted molar refractivity (Wildman–Crippen MR) is 72.4 cm³/mol. The van der Waals surface area contributed by atoms with Gasteiger partial charge in [0.1, 0.15) is 0 Å². The molecule has 0 amide bonds. The Morgan fingerprint density at radius 1 is 1.21 bits per heavy atom. The maximum Gasteiger partial charge on any atom is 0.331 e. The Kier molecular flexibility index (Phi) is 6.29. The minimum absolute atomic E-state index is 0.376. The number of hydrogen-bond donors (Lipinski definition) is 1. The number of ether oxygens (including phenoxy) is 3. The van der Waals surface area contributed by atoms with Crippen LogP contribution in [0, 0.1) is 0 Å². The Bertz CT molecular complexity index is 443. The van der Waals surface area contributed by atoms with Gasteiger partial charge in [-0.2, -0.15) is 0 Å². The molecule has 1 aromatic carbocycles. The molecule has 0 aliphatic rings. The fourth-order valence-electron chi connectivity index (χ4n) is 1.53. The van der Waals surface area contributed by atoms with Gasteiger partial charge in [-0.05, 0) is 24.1 Å². The van der Waals surface area contributed by atoms with Crippen molar-refractivity contribution >= 4 is 5.97 Å². The van der Waals surface area contributed by atoms with E-state index in [2.05, 4.69) is 10.1 Å². The van der Waals surface area contributed by atoms with Crippen LogP contribution < -0.4 is 14.8 Å². The van der Waals surface area contributed by atoms with Crippen molar-refractivity contribution in [1.82, 2.24) is 5.32 Å². The van der Waals surface area contributed by atoms with Crippen molar-refractivity contribution in [2.45, 2.75) is 6.42 Å². The summed E-state index contributed by atoms with van der Waals surface area (Å²) in [6.45, 7) is 0.711. The van der Waals surface area contributed by atoms with Crippen LogP contribution in [0.3, 0.4) is 0 Å². The van der Waals surface area contributed by atoms with E-state index in [1.54, 1.807) is 20.4 Å². The van der Waals surface area contributed by atoms with Crippen molar-refractivity contribution < 1.29 is 19.0 Å². The van der Waals surface area contributed by atoms with Crippen LogP contribution in [0.1, 0.15) is 5.56 Å². The highest BCUT2D eigenvalue weighted by atomic mass is 16.5. The molecule has 0 saturated heterocycles. The maximum atomic E-state index is 10.8. The van der Waals surface area contributed by atoms with Crippen LogP contribution in [0.2, 0.25) is 0 Å². The molecule has 0 bridgehead atoms. The van der Waals surface area contributed by atoms with Gasteiger partial charge < -0.3 is 19.5 Å². The third-order valence-electron chi connectivity index (χ3n) is 2.54. The van der Waals surface area contributed by atoms with Gasteiger partial charge in [0, 0.05) is 18.8 Å². The van der Waals surface area contributed by atoms with Gasteiger partial charge in [0.25, 0.3) is 0 Å². The number of rotatable bonds is 7. The molecule has 0 aliphatic carbocycles. The summed E-state index contributed by atoms with van der Waals surface area (Å²) in [5.74, 6) is 1.05. The molecule has 0 saturated carbocycles. The molecule has 0 heterocycles. The molecule has 0 spiro atoms. The number of methoxy groups -OCH3 is 3. The Morgan fingerprint density at radius 2 is 1.95 bits per heavy atom. The van der Waals surface area contributed by atoms with Crippen molar-refractivity contribution in [2.75, 3.05) is 27.9 Å². The Morgan fingerprint density at radius 3 is 2.58 bits per heavy atom. The molecule has 5 heteroatoms. The van der Waals surface area contributed by atoms with Crippen LogP contribution in [0.15, 0.2) is 30.5 Å². The Balaban J connectivity index is 2.45. The minimum Gasteiger partial charge on any atom is -0.493 e. The second-order valence-corrected chi connectivity index (χ2v) is 3.75. The van der Waals surface area contributed by atoms with Gasteiger partial charge in [0.15, 0.2) is 11.5 Å². The van der Waals surface area contributed by atoms with Crippen molar-refractivity contribution in [3.05, 3.63) is 36.0 Å². The number of esters is 1. The first-order valence-corrected chi connectivity index (χ1v) is 5.90. The molecule has 1 N–H and O–H groups in total. The summed E-state index contributed by atoms with van der Waals surface area (Å²) in [5, 5.41) is 3.01. The topological polar surface area (TPSA) is 56.8 Å². The van der Waals surface area contributed by atoms with E-state index in [-0.39, 0.29) is 5.97 Å². The van der Waals surface area contributed by atoms with E-state index in [0.29, 0.717) is 18.0 Å². The van der Waals surface area contributed by atoms with E-state index in [0.717, 1.165) is 12.0 Å². The van der Waals surface area contributed by atoms with Crippen molar-refractivity contribution in [3.63, 3.8) is 0 Å². The summed E-state index contributed by atoms with van der Waals surface area (Å²) in [5.41, 5.74) is 1.12. The van der Waals surface area contributed by atoms with Gasteiger partial charge in [0.05, 0.1) is 21.3 Å². The number of nitrogens with one attached hydrogen (secondary N) is 1. The summed E-state index contributed by atoms with van der Waals surface area (Å²) in [7, 11) is 4.56. The van der Waals surface area contributed by atoms with Crippen molar-refractivity contribution in [3.8, 4) is 11.5 Å². The molecule has 19 heavy (non-hydrogen) atoms. The number of benzene rings is 1. The third-order valence-corrected chi connectivity index (χ3v) is 2.54. The first kappa shape index (κ1) is 14.9. The van der Waals surface area contributed by atoms with E-state index in [9.17, 15) is 4.79 Å². The van der Waals surface area contributed by atoms with Crippen LogP contribution in [0.5, 0.6) is 11.5 Å². The van der Waals surface area contributed by atoms with Gasteiger partial charge in [-0.3, -0.25) is 0 Å².